The topological polar surface area (TPSA) is 38.3 Å². The Balaban J connectivity index is 1.81. The van der Waals surface area contributed by atoms with E-state index in [9.17, 15) is 13.6 Å². The Labute approximate surface area is 150 Å². The Kier molecular flexibility index (Phi) is 5.27. The van der Waals surface area contributed by atoms with Gasteiger partial charge in [0.05, 0.1) is 11.3 Å². The molecule has 0 aliphatic rings. The molecule has 0 bridgehead atoms. The molecular weight excluding hydrogens is 336 g/mol. The standard InChI is InChI=1S/C21H17F2NO2/c1-14-10-11-18(19(12-14)26-13-15-6-3-2-4-7-15)24-21(25)16-8-5-9-17(22)20(16)23/h2-12H,13H2,1H3,(H,24,25). The number of anilines is 1. The summed E-state index contributed by atoms with van der Waals surface area (Å²) in [5.41, 5.74) is 1.95. The molecule has 0 radical (unpaired) electrons. The Morgan fingerprint density at radius 2 is 1.77 bits per heavy atom. The summed E-state index contributed by atoms with van der Waals surface area (Å²) in [6.45, 7) is 2.22. The zero-order valence-electron chi connectivity index (χ0n) is 14.1. The maximum absolute atomic E-state index is 13.8. The molecule has 5 heteroatoms. The lowest BCUT2D eigenvalue weighted by atomic mass is 10.1. The summed E-state index contributed by atoms with van der Waals surface area (Å²) < 4.78 is 33.0. The van der Waals surface area contributed by atoms with Crippen LogP contribution in [0, 0.1) is 18.6 Å². The molecule has 0 saturated carbocycles. The van der Waals surface area contributed by atoms with E-state index in [1.165, 1.54) is 12.1 Å². The summed E-state index contributed by atoms with van der Waals surface area (Å²) >= 11 is 0. The van der Waals surface area contributed by atoms with Crippen LogP contribution in [0.15, 0.2) is 66.7 Å². The van der Waals surface area contributed by atoms with Gasteiger partial charge in [0.25, 0.3) is 5.91 Å². The number of benzene rings is 3. The van der Waals surface area contributed by atoms with Crippen molar-refractivity contribution < 1.29 is 18.3 Å². The number of carbonyl (C=O) groups is 1. The SMILES string of the molecule is Cc1ccc(NC(=O)c2cccc(F)c2F)c(OCc2ccccc2)c1. The van der Waals surface area contributed by atoms with Crippen LogP contribution < -0.4 is 10.1 Å². The molecule has 0 spiro atoms. The Morgan fingerprint density at radius 1 is 1.00 bits per heavy atom. The Hall–Kier alpha value is -3.21. The third kappa shape index (κ3) is 4.06. The molecule has 0 saturated heterocycles. The maximum Gasteiger partial charge on any atom is 0.258 e. The molecule has 0 aliphatic carbocycles. The number of carbonyl (C=O) groups excluding carboxylic acids is 1. The van der Waals surface area contributed by atoms with Gasteiger partial charge in [-0.15, -0.1) is 0 Å². The van der Waals surface area contributed by atoms with Crippen molar-refractivity contribution in [2.24, 2.45) is 0 Å². The fraction of sp³-hybridized carbons (Fsp3) is 0.0952. The first-order chi connectivity index (χ1) is 12.5. The van der Waals surface area contributed by atoms with Crippen LogP contribution in [0.5, 0.6) is 5.75 Å². The molecule has 132 valence electrons. The summed E-state index contributed by atoms with van der Waals surface area (Å²) in [6, 6.07) is 18.3. The van der Waals surface area contributed by atoms with Crippen LogP contribution >= 0.6 is 0 Å². The van der Waals surface area contributed by atoms with Crippen LogP contribution in [0.2, 0.25) is 0 Å². The molecule has 3 nitrogen and oxygen atoms in total. The number of aryl methyl sites for hydroxylation is 1. The minimum absolute atomic E-state index is 0.321. The lowest BCUT2D eigenvalue weighted by Gasteiger charge is -2.14. The highest BCUT2D eigenvalue weighted by atomic mass is 19.2. The molecule has 1 amide bonds. The van der Waals surface area contributed by atoms with Gasteiger partial charge in [-0.2, -0.15) is 0 Å². The van der Waals surface area contributed by atoms with Crippen LogP contribution in [0.3, 0.4) is 0 Å². The van der Waals surface area contributed by atoms with Gasteiger partial charge in [0.1, 0.15) is 12.4 Å². The lowest BCUT2D eigenvalue weighted by molar-refractivity contribution is 0.102. The van der Waals surface area contributed by atoms with Gasteiger partial charge in [-0.25, -0.2) is 8.78 Å². The van der Waals surface area contributed by atoms with Crippen molar-refractivity contribution in [1.82, 2.24) is 0 Å². The number of amides is 1. The second-order valence-corrected chi connectivity index (χ2v) is 5.83. The van der Waals surface area contributed by atoms with Gasteiger partial charge in [-0.3, -0.25) is 4.79 Å². The highest BCUT2D eigenvalue weighted by Crippen LogP contribution is 2.27. The normalized spacial score (nSPS) is 10.4. The molecule has 1 N–H and O–H groups in total. The third-order valence-electron chi connectivity index (χ3n) is 3.82. The van der Waals surface area contributed by atoms with E-state index in [2.05, 4.69) is 5.32 Å². The number of hydrogen-bond acceptors (Lipinski definition) is 2. The van der Waals surface area contributed by atoms with Gasteiger partial charge in [0.2, 0.25) is 0 Å². The summed E-state index contributed by atoms with van der Waals surface area (Å²) in [5.74, 6) is -2.53. The van der Waals surface area contributed by atoms with Gasteiger partial charge in [-0.1, -0.05) is 42.5 Å². The average molecular weight is 353 g/mol. The second-order valence-electron chi connectivity index (χ2n) is 5.83. The Morgan fingerprint density at radius 3 is 2.54 bits per heavy atom. The van der Waals surface area contributed by atoms with Crippen molar-refractivity contribution in [3.63, 3.8) is 0 Å². The molecule has 3 aromatic rings. The quantitative estimate of drug-likeness (QED) is 0.693. The van der Waals surface area contributed by atoms with Crippen LogP contribution in [0.4, 0.5) is 14.5 Å². The van der Waals surface area contributed by atoms with Crippen LogP contribution in [-0.4, -0.2) is 5.91 Å². The van der Waals surface area contributed by atoms with Crippen LogP contribution in [0.1, 0.15) is 21.5 Å². The maximum atomic E-state index is 13.8. The molecule has 26 heavy (non-hydrogen) atoms. The van der Waals surface area contributed by atoms with Gasteiger partial charge in [0, 0.05) is 0 Å². The smallest absolute Gasteiger partial charge is 0.258 e. The third-order valence-corrected chi connectivity index (χ3v) is 3.82. The minimum atomic E-state index is -1.18. The predicted octanol–water partition coefficient (Wildman–Crippen LogP) is 5.10. The summed E-state index contributed by atoms with van der Waals surface area (Å²) in [6.07, 6.45) is 0. The molecule has 0 atom stereocenters. The molecule has 3 rings (SSSR count). The summed E-state index contributed by atoms with van der Waals surface area (Å²) in [4.78, 5) is 12.3. The van der Waals surface area contributed by atoms with E-state index in [0.29, 0.717) is 18.0 Å². The average Bonchev–Trinajstić information content (AvgIpc) is 2.65. The highest BCUT2D eigenvalue weighted by Gasteiger charge is 2.17. The first-order valence-corrected chi connectivity index (χ1v) is 8.07. The second kappa shape index (κ2) is 7.78. The predicted molar refractivity (Wildman–Crippen MR) is 96.3 cm³/mol. The molecular formula is C21H17F2NO2. The van der Waals surface area contributed by atoms with Gasteiger partial charge in [0.15, 0.2) is 11.6 Å². The number of nitrogens with one attached hydrogen (secondary N) is 1. The van der Waals surface area contributed by atoms with E-state index >= 15 is 0 Å². The van der Waals surface area contributed by atoms with Gasteiger partial charge >= 0.3 is 0 Å². The zero-order chi connectivity index (χ0) is 18.5. The van der Waals surface area contributed by atoms with Crippen LogP contribution in [-0.2, 0) is 6.61 Å². The number of rotatable bonds is 5. The molecule has 0 fully saturated rings. The molecule has 0 aliphatic heterocycles. The van der Waals surface area contributed by atoms with Crippen molar-refractivity contribution in [3.05, 3.63) is 95.1 Å². The molecule has 0 unspecified atom stereocenters. The monoisotopic (exact) mass is 353 g/mol. The molecule has 0 aromatic heterocycles. The fourth-order valence-electron chi connectivity index (χ4n) is 2.46. The fourth-order valence-corrected chi connectivity index (χ4v) is 2.46. The Bertz CT molecular complexity index is 927. The van der Waals surface area contributed by atoms with E-state index in [1.54, 1.807) is 18.2 Å². The van der Waals surface area contributed by atoms with E-state index in [-0.39, 0.29) is 5.56 Å². The zero-order valence-corrected chi connectivity index (χ0v) is 14.1. The number of ether oxygens (including phenoxy) is 1. The largest absolute Gasteiger partial charge is 0.487 e. The van der Waals surface area contributed by atoms with E-state index in [0.717, 1.165) is 17.2 Å². The molecule has 0 heterocycles. The number of hydrogen-bond donors (Lipinski definition) is 1. The summed E-state index contributed by atoms with van der Waals surface area (Å²) in [7, 11) is 0. The van der Waals surface area contributed by atoms with Crippen molar-refractivity contribution >= 4 is 11.6 Å². The first kappa shape index (κ1) is 17.6. The van der Waals surface area contributed by atoms with Crippen molar-refractivity contribution in [1.29, 1.82) is 0 Å². The van der Waals surface area contributed by atoms with E-state index in [1.807, 2.05) is 37.3 Å². The van der Waals surface area contributed by atoms with Crippen molar-refractivity contribution in [2.75, 3.05) is 5.32 Å². The van der Waals surface area contributed by atoms with E-state index < -0.39 is 17.5 Å². The van der Waals surface area contributed by atoms with Crippen LogP contribution in [0.25, 0.3) is 0 Å². The number of halogens is 2. The lowest BCUT2D eigenvalue weighted by Crippen LogP contribution is -2.15. The first-order valence-electron chi connectivity index (χ1n) is 8.07. The highest BCUT2D eigenvalue weighted by molar-refractivity contribution is 6.05. The van der Waals surface area contributed by atoms with Gasteiger partial charge in [-0.05, 0) is 42.3 Å². The van der Waals surface area contributed by atoms with Gasteiger partial charge < -0.3 is 10.1 Å². The summed E-state index contributed by atoms with van der Waals surface area (Å²) in [5, 5.41) is 2.59. The van der Waals surface area contributed by atoms with Crippen molar-refractivity contribution in [3.8, 4) is 5.75 Å². The molecule has 3 aromatic carbocycles. The van der Waals surface area contributed by atoms with E-state index in [4.69, 9.17) is 4.74 Å². The minimum Gasteiger partial charge on any atom is -0.487 e. The van der Waals surface area contributed by atoms with Crippen molar-refractivity contribution in [2.45, 2.75) is 13.5 Å².